The van der Waals surface area contributed by atoms with Crippen molar-refractivity contribution >= 4 is 5.91 Å². The van der Waals surface area contributed by atoms with Crippen LogP contribution in [0.2, 0.25) is 0 Å². The Morgan fingerprint density at radius 2 is 1.94 bits per heavy atom. The molecule has 0 aromatic rings. The van der Waals surface area contributed by atoms with E-state index in [-0.39, 0.29) is 5.91 Å². The second-order valence-corrected chi connectivity index (χ2v) is 5.85. The molecule has 2 fully saturated rings. The third-order valence-corrected chi connectivity index (χ3v) is 4.36. The minimum atomic E-state index is -0.811. The highest BCUT2D eigenvalue weighted by atomic mass is 16.5. The molecule has 18 heavy (non-hydrogen) atoms. The lowest BCUT2D eigenvalue weighted by molar-refractivity contribution is -0.124. The van der Waals surface area contributed by atoms with E-state index in [1.165, 1.54) is 0 Å². The zero-order chi connectivity index (χ0) is 13.2. The molecule has 2 aliphatic rings. The van der Waals surface area contributed by atoms with Crippen molar-refractivity contribution in [2.45, 2.75) is 31.2 Å². The molecule has 0 radical (unpaired) electrons. The van der Waals surface area contributed by atoms with Crippen molar-refractivity contribution in [3.63, 3.8) is 0 Å². The maximum atomic E-state index is 11.6. The zero-order valence-electron chi connectivity index (χ0n) is 11.2. The van der Waals surface area contributed by atoms with Gasteiger partial charge in [0.25, 0.3) is 0 Å². The number of rotatable bonds is 6. The first kappa shape index (κ1) is 13.8. The van der Waals surface area contributed by atoms with Crippen LogP contribution >= 0.6 is 0 Å². The lowest BCUT2D eigenvalue weighted by Gasteiger charge is -2.37. The van der Waals surface area contributed by atoms with E-state index in [0.29, 0.717) is 18.4 Å². The fourth-order valence-corrected chi connectivity index (χ4v) is 2.92. The van der Waals surface area contributed by atoms with Crippen molar-refractivity contribution in [2.75, 3.05) is 33.4 Å². The Morgan fingerprint density at radius 1 is 1.33 bits per heavy atom. The number of piperidine rings is 1. The Hall–Kier alpha value is -0.650. The van der Waals surface area contributed by atoms with E-state index >= 15 is 0 Å². The number of carbonyl (C=O) groups is 1. The molecule has 5 heteroatoms. The fraction of sp³-hybridized carbons (Fsp3) is 0.923. The van der Waals surface area contributed by atoms with Gasteiger partial charge in [0.1, 0.15) is 5.54 Å². The van der Waals surface area contributed by atoms with Gasteiger partial charge in [0.15, 0.2) is 0 Å². The maximum absolute atomic E-state index is 11.6. The third-order valence-electron chi connectivity index (χ3n) is 4.36. The van der Waals surface area contributed by atoms with Gasteiger partial charge in [-0.1, -0.05) is 0 Å². The van der Waals surface area contributed by atoms with Crippen molar-refractivity contribution in [1.82, 2.24) is 4.90 Å². The Labute approximate surface area is 109 Å². The van der Waals surface area contributed by atoms with Crippen LogP contribution in [0.15, 0.2) is 0 Å². The van der Waals surface area contributed by atoms with Gasteiger partial charge in [0.2, 0.25) is 5.91 Å². The van der Waals surface area contributed by atoms with Gasteiger partial charge in [0.05, 0.1) is 0 Å². The summed E-state index contributed by atoms with van der Waals surface area (Å²) < 4.78 is 5.19. The number of ether oxygens (including phenoxy) is 1. The molecule has 1 aliphatic carbocycles. The Balaban J connectivity index is 1.84. The number of likely N-dealkylation sites (tertiary alicyclic amines) is 1. The summed E-state index contributed by atoms with van der Waals surface area (Å²) in [6.45, 7) is 3.44. The molecule has 0 aromatic carbocycles. The minimum absolute atomic E-state index is 0.298. The first-order valence-corrected chi connectivity index (χ1v) is 6.86. The van der Waals surface area contributed by atoms with Gasteiger partial charge in [-0.05, 0) is 50.6 Å². The van der Waals surface area contributed by atoms with Crippen LogP contribution in [0, 0.1) is 11.8 Å². The second kappa shape index (κ2) is 5.55. The van der Waals surface area contributed by atoms with E-state index in [1.807, 2.05) is 0 Å². The van der Waals surface area contributed by atoms with Crippen LogP contribution in [-0.2, 0) is 9.53 Å². The summed E-state index contributed by atoms with van der Waals surface area (Å²) in [7, 11) is 1.75. The summed E-state index contributed by atoms with van der Waals surface area (Å²) in [5, 5.41) is 0. The highest BCUT2D eigenvalue weighted by molar-refractivity contribution is 5.85. The van der Waals surface area contributed by atoms with Crippen molar-refractivity contribution in [3.8, 4) is 0 Å². The monoisotopic (exact) mass is 255 g/mol. The van der Waals surface area contributed by atoms with Gasteiger partial charge in [-0.2, -0.15) is 0 Å². The molecule has 104 valence electrons. The molecule has 0 spiro atoms. The van der Waals surface area contributed by atoms with E-state index in [4.69, 9.17) is 16.2 Å². The maximum Gasteiger partial charge on any atom is 0.239 e. The quantitative estimate of drug-likeness (QED) is 0.696. The van der Waals surface area contributed by atoms with E-state index in [1.54, 1.807) is 7.11 Å². The average Bonchev–Trinajstić information content (AvgIpc) is 3.16. The van der Waals surface area contributed by atoms with Gasteiger partial charge < -0.3 is 21.1 Å². The molecule has 2 rings (SSSR count). The highest BCUT2D eigenvalue weighted by Gasteiger charge is 2.47. The number of amides is 1. The molecule has 1 amide bonds. The topological polar surface area (TPSA) is 81.6 Å². The highest BCUT2D eigenvalue weighted by Crippen LogP contribution is 2.39. The molecule has 1 saturated heterocycles. The van der Waals surface area contributed by atoms with Crippen LogP contribution in [0.5, 0.6) is 0 Å². The molecular weight excluding hydrogens is 230 g/mol. The standard InChI is InChI=1S/C13H25N3O2/c1-18-8-10-4-6-16(7-5-10)9-13(15,12(14)17)11-2-3-11/h10-11H,2-9,15H2,1H3,(H2,14,17). The van der Waals surface area contributed by atoms with Crippen LogP contribution in [0.1, 0.15) is 25.7 Å². The second-order valence-electron chi connectivity index (χ2n) is 5.85. The molecule has 5 nitrogen and oxygen atoms in total. The number of carbonyl (C=O) groups excluding carboxylic acids is 1. The lowest BCUT2D eigenvalue weighted by Crippen LogP contribution is -2.61. The Morgan fingerprint density at radius 3 is 2.39 bits per heavy atom. The number of methoxy groups -OCH3 is 1. The summed E-state index contributed by atoms with van der Waals surface area (Å²) in [6.07, 6.45) is 4.32. The Kier molecular flexibility index (Phi) is 4.25. The molecule has 4 N–H and O–H groups in total. The van der Waals surface area contributed by atoms with E-state index in [9.17, 15) is 4.79 Å². The van der Waals surface area contributed by atoms with Crippen molar-refractivity contribution in [2.24, 2.45) is 23.3 Å². The minimum Gasteiger partial charge on any atom is -0.384 e. The lowest BCUT2D eigenvalue weighted by atomic mass is 9.90. The number of nitrogens with zero attached hydrogens (tertiary/aromatic N) is 1. The van der Waals surface area contributed by atoms with Crippen molar-refractivity contribution < 1.29 is 9.53 Å². The molecule has 1 atom stereocenters. The van der Waals surface area contributed by atoms with Crippen LogP contribution in [0.25, 0.3) is 0 Å². The van der Waals surface area contributed by atoms with Crippen LogP contribution in [0.4, 0.5) is 0 Å². The molecular formula is C13H25N3O2. The number of nitrogens with two attached hydrogens (primary N) is 2. The molecule has 1 aliphatic heterocycles. The van der Waals surface area contributed by atoms with Crippen LogP contribution < -0.4 is 11.5 Å². The fourth-order valence-electron chi connectivity index (χ4n) is 2.92. The predicted molar refractivity (Wildman–Crippen MR) is 69.9 cm³/mol. The van der Waals surface area contributed by atoms with Crippen molar-refractivity contribution in [3.05, 3.63) is 0 Å². The summed E-state index contributed by atoms with van der Waals surface area (Å²) in [5.74, 6) is 0.601. The molecule has 1 saturated carbocycles. The number of hydrogen-bond donors (Lipinski definition) is 2. The molecule has 1 heterocycles. The normalized spacial score (nSPS) is 25.9. The van der Waals surface area contributed by atoms with Crippen molar-refractivity contribution in [1.29, 1.82) is 0 Å². The van der Waals surface area contributed by atoms with E-state index < -0.39 is 5.54 Å². The van der Waals surface area contributed by atoms with Gasteiger partial charge in [-0.25, -0.2) is 0 Å². The molecule has 0 aromatic heterocycles. The summed E-state index contributed by atoms with van der Waals surface area (Å²) in [6, 6.07) is 0. The zero-order valence-corrected chi connectivity index (χ0v) is 11.2. The smallest absolute Gasteiger partial charge is 0.239 e. The van der Waals surface area contributed by atoms with E-state index in [2.05, 4.69) is 4.90 Å². The summed E-state index contributed by atoms with van der Waals surface area (Å²) >= 11 is 0. The Bertz CT molecular complexity index is 299. The van der Waals surface area contributed by atoms with Crippen LogP contribution in [-0.4, -0.2) is 49.7 Å². The van der Waals surface area contributed by atoms with Gasteiger partial charge in [-0.15, -0.1) is 0 Å². The SMILES string of the molecule is COCC1CCN(CC(N)(C(N)=O)C2CC2)CC1. The number of primary amides is 1. The largest absolute Gasteiger partial charge is 0.384 e. The molecule has 0 bridgehead atoms. The average molecular weight is 255 g/mol. The predicted octanol–water partition coefficient (Wildman–Crippen LogP) is -0.0624. The summed E-state index contributed by atoms with van der Waals surface area (Å²) in [4.78, 5) is 13.9. The summed E-state index contributed by atoms with van der Waals surface area (Å²) in [5.41, 5.74) is 10.9. The van der Waals surface area contributed by atoms with Gasteiger partial charge in [-0.3, -0.25) is 4.79 Å². The first-order valence-electron chi connectivity index (χ1n) is 6.86. The van der Waals surface area contributed by atoms with Gasteiger partial charge >= 0.3 is 0 Å². The van der Waals surface area contributed by atoms with E-state index in [0.717, 1.165) is 45.4 Å². The first-order chi connectivity index (χ1) is 8.56. The van der Waals surface area contributed by atoms with Gasteiger partial charge in [0, 0.05) is 20.3 Å². The third kappa shape index (κ3) is 3.02. The number of hydrogen-bond acceptors (Lipinski definition) is 4. The molecule has 1 unspecified atom stereocenters. The van der Waals surface area contributed by atoms with Crippen LogP contribution in [0.3, 0.4) is 0 Å².